The van der Waals surface area contributed by atoms with Gasteiger partial charge in [-0.2, -0.15) is 0 Å². The molecule has 5 heteroatoms. The first kappa shape index (κ1) is 19.5. The van der Waals surface area contributed by atoms with Crippen molar-refractivity contribution in [2.24, 2.45) is 0 Å². The van der Waals surface area contributed by atoms with Crippen molar-refractivity contribution in [2.75, 3.05) is 0 Å². The van der Waals surface area contributed by atoms with Crippen LogP contribution >= 0.6 is 0 Å². The van der Waals surface area contributed by atoms with Gasteiger partial charge in [-0.1, -0.05) is 69.3 Å². The molecule has 0 radical (unpaired) electrons. The number of rotatable bonds is 3. The van der Waals surface area contributed by atoms with E-state index in [1.54, 1.807) is 0 Å². The second-order valence-electron chi connectivity index (χ2n) is 9.30. The molecule has 1 fully saturated rings. The Hall–Kier alpha value is -3.47. The second-order valence-corrected chi connectivity index (χ2v) is 9.30. The van der Waals surface area contributed by atoms with E-state index in [2.05, 4.69) is 20.8 Å². The Morgan fingerprint density at radius 3 is 2.13 bits per heavy atom. The van der Waals surface area contributed by atoms with Crippen molar-refractivity contribution < 1.29 is 9.59 Å². The van der Waals surface area contributed by atoms with Crippen molar-refractivity contribution >= 4 is 11.8 Å². The first-order chi connectivity index (χ1) is 14.8. The maximum atomic E-state index is 13.5. The summed E-state index contributed by atoms with van der Waals surface area (Å²) in [6, 6.07) is 18.4. The molecule has 0 atom stereocenters. The fraction of sp³-hybridized carbons (Fsp3) is 0.269. The predicted octanol–water partition coefficient (Wildman–Crippen LogP) is 4.56. The van der Waals surface area contributed by atoms with E-state index in [1.807, 2.05) is 54.6 Å². The first-order valence-corrected chi connectivity index (χ1v) is 10.6. The third-order valence-electron chi connectivity index (χ3n) is 6.02. The quantitative estimate of drug-likeness (QED) is 0.593. The molecule has 1 saturated carbocycles. The summed E-state index contributed by atoms with van der Waals surface area (Å²) in [5, 5.41) is 0. The van der Waals surface area contributed by atoms with Crippen molar-refractivity contribution in [1.29, 1.82) is 0 Å². The molecule has 0 bridgehead atoms. The molecule has 2 aromatic carbocycles. The lowest BCUT2D eigenvalue weighted by Gasteiger charge is -2.24. The molecule has 2 amide bonds. The van der Waals surface area contributed by atoms with E-state index in [-0.39, 0.29) is 34.5 Å². The fourth-order valence-electron chi connectivity index (χ4n) is 4.41. The summed E-state index contributed by atoms with van der Waals surface area (Å²) < 4.78 is 1.45. The molecular weight excluding hydrogens is 388 g/mol. The van der Waals surface area contributed by atoms with E-state index in [0.29, 0.717) is 16.8 Å². The summed E-state index contributed by atoms with van der Waals surface area (Å²) in [5.41, 5.74) is 2.81. The van der Waals surface area contributed by atoms with E-state index < -0.39 is 0 Å². The van der Waals surface area contributed by atoms with Crippen LogP contribution in [0.5, 0.6) is 0 Å². The van der Waals surface area contributed by atoms with Gasteiger partial charge in [0.25, 0.3) is 17.4 Å². The van der Waals surface area contributed by atoms with Crippen LogP contribution in [0, 0.1) is 0 Å². The topological polar surface area (TPSA) is 59.4 Å². The SMILES string of the molecule is CC(C)(C)c1ccccc1-n1c2c(c(-c3ccccc3)cc1=O)C(=O)N(C1CC1)C2=O. The Balaban J connectivity index is 1.86. The Bertz CT molecular complexity index is 1280. The van der Waals surface area contributed by atoms with Crippen LogP contribution < -0.4 is 5.56 Å². The zero-order chi connectivity index (χ0) is 21.9. The molecule has 5 rings (SSSR count). The summed E-state index contributed by atoms with van der Waals surface area (Å²) >= 11 is 0. The zero-order valence-electron chi connectivity index (χ0n) is 17.9. The zero-order valence-corrected chi connectivity index (χ0v) is 17.9. The number of para-hydroxylation sites is 1. The van der Waals surface area contributed by atoms with Crippen LogP contribution in [-0.2, 0) is 5.41 Å². The fourth-order valence-corrected chi connectivity index (χ4v) is 4.41. The molecule has 5 nitrogen and oxygen atoms in total. The van der Waals surface area contributed by atoms with Crippen molar-refractivity contribution in [3.8, 4) is 16.8 Å². The maximum Gasteiger partial charge on any atom is 0.278 e. The summed E-state index contributed by atoms with van der Waals surface area (Å²) in [4.78, 5) is 41.8. The number of imide groups is 1. The van der Waals surface area contributed by atoms with Crippen molar-refractivity contribution in [1.82, 2.24) is 9.47 Å². The highest BCUT2D eigenvalue weighted by atomic mass is 16.2. The molecule has 2 heterocycles. The first-order valence-electron chi connectivity index (χ1n) is 10.6. The highest BCUT2D eigenvalue weighted by Crippen LogP contribution is 2.39. The van der Waals surface area contributed by atoms with E-state index >= 15 is 0 Å². The van der Waals surface area contributed by atoms with Gasteiger partial charge in [-0.25, -0.2) is 0 Å². The molecule has 0 unspecified atom stereocenters. The van der Waals surface area contributed by atoms with Crippen LogP contribution in [0.15, 0.2) is 65.5 Å². The van der Waals surface area contributed by atoms with Gasteiger partial charge in [0.1, 0.15) is 5.69 Å². The maximum absolute atomic E-state index is 13.5. The van der Waals surface area contributed by atoms with E-state index in [4.69, 9.17) is 0 Å². The summed E-state index contributed by atoms with van der Waals surface area (Å²) in [7, 11) is 0. The van der Waals surface area contributed by atoms with Gasteiger partial charge in [-0.3, -0.25) is 23.9 Å². The number of carbonyl (C=O) groups excluding carboxylic acids is 2. The number of aromatic nitrogens is 1. The molecule has 2 aliphatic rings. The average Bonchev–Trinajstić information content (AvgIpc) is 3.54. The van der Waals surface area contributed by atoms with Crippen molar-refractivity contribution in [3.63, 3.8) is 0 Å². The Kier molecular flexibility index (Phi) is 4.26. The van der Waals surface area contributed by atoms with Gasteiger partial charge in [-0.05, 0) is 35.4 Å². The third-order valence-corrected chi connectivity index (χ3v) is 6.02. The molecule has 1 aliphatic carbocycles. The van der Waals surface area contributed by atoms with Crippen LogP contribution in [0.3, 0.4) is 0 Å². The standard InChI is InChI=1S/C26H24N2O3/c1-26(2,3)19-11-7-8-12-20(19)28-21(29)15-18(16-9-5-4-6-10-16)22-23(28)25(31)27(24(22)30)17-13-14-17/h4-12,15,17H,13-14H2,1-3H3. The van der Waals surface area contributed by atoms with Crippen LogP contribution in [0.1, 0.15) is 60.0 Å². The van der Waals surface area contributed by atoms with Gasteiger partial charge >= 0.3 is 0 Å². The number of hydrogen-bond acceptors (Lipinski definition) is 3. The minimum absolute atomic E-state index is 0.0718. The average molecular weight is 412 g/mol. The summed E-state index contributed by atoms with van der Waals surface area (Å²) in [6.45, 7) is 6.21. The lowest BCUT2D eigenvalue weighted by atomic mass is 9.85. The van der Waals surface area contributed by atoms with Crippen LogP contribution in [-0.4, -0.2) is 27.3 Å². The van der Waals surface area contributed by atoms with E-state index in [0.717, 1.165) is 24.0 Å². The smallest absolute Gasteiger partial charge is 0.271 e. The van der Waals surface area contributed by atoms with E-state index in [9.17, 15) is 14.4 Å². The van der Waals surface area contributed by atoms with Gasteiger partial charge in [-0.15, -0.1) is 0 Å². The molecular formula is C26H24N2O3. The van der Waals surface area contributed by atoms with Crippen LogP contribution in [0.25, 0.3) is 16.8 Å². The second kappa shape index (κ2) is 6.77. The molecule has 31 heavy (non-hydrogen) atoms. The molecule has 0 saturated heterocycles. The molecule has 0 spiro atoms. The lowest BCUT2D eigenvalue weighted by Crippen LogP contribution is -2.33. The number of pyridine rings is 1. The monoisotopic (exact) mass is 412 g/mol. The third kappa shape index (κ3) is 3.03. The molecule has 3 aromatic rings. The number of nitrogens with zero attached hydrogens (tertiary/aromatic N) is 2. The number of carbonyl (C=O) groups is 2. The van der Waals surface area contributed by atoms with Gasteiger partial charge in [0.15, 0.2) is 0 Å². The highest BCUT2D eigenvalue weighted by molar-refractivity contribution is 6.23. The Morgan fingerprint density at radius 1 is 0.839 bits per heavy atom. The largest absolute Gasteiger partial charge is 0.278 e. The lowest BCUT2D eigenvalue weighted by molar-refractivity contribution is 0.0640. The van der Waals surface area contributed by atoms with Crippen LogP contribution in [0.2, 0.25) is 0 Å². The molecule has 156 valence electrons. The number of hydrogen-bond donors (Lipinski definition) is 0. The molecule has 1 aliphatic heterocycles. The highest BCUT2D eigenvalue weighted by Gasteiger charge is 2.47. The Morgan fingerprint density at radius 2 is 1.48 bits per heavy atom. The van der Waals surface area contributed by atoms with Gasteiger partial charge in [0, 0.05) is 17.7 Å². The Labute approximate surface area is 180 Å². The minimum atomic E-state index is -0.374. The van der Waals surface area contributed by atoms with Crippen molar-refractivity contribution in [3.05, 3.63) is 87.8 Å². The molecule has 1 aromatic heterocycles. The number of amides is 2. The van der Waals surface area contributed by atoms with Crippen molar-refractivity contribution in [2.45, 2.75) is 45.1 Å². The normalized spacial score (nSPS) is 16.0. The van der Waals surface area contributed by atoms with Crippen LogP contribution in [0.4, 0.5) is 0 Å². The predicted molar refractivity (Wildman–Crippen MR) is 120 cm³/mol. The summed E-state index contributed by atoms with van der Waals surface area (Å²) in [5.74, 6) is -0.676. The van der Waals surface area contributed by atoms with Gasteiger partial charge in [0.2, 0.25) is 0 Å². The van der Waals surface area contributed by atoms with Gasteiger partial charge in [0.05, 0.1) is 11.3 Å². The summed E-state index contributed by atoms with van der Waals surface area (Å²) in [6.07, 6.45) is 1.63. The number of fused-ring (bicyclic) bond motifs is 1. The minimum Gasteiger partial charge on any atom is -0.271 e. The van der Waals surface area contributed by atoms with Gasteiger partial charge < -0.3 is 0 Å². The molecule has 0 N–H and O–H groups in total. The van der Waals surface area contributed by atoms with E-state index in [1.165, 1.54) is 15.5 Å². The number of benzene rings is 2.